The lowest BCUT2D eigenvalue weighted by Crippen LogP contribution is -2.08. The predicted molar refractivity (Wildman–Crippen MR) is 80.7 cm³/mol. The Morgan fingerprint density at radius 3 is 2.33 bits per heavy atom. The number of hydrogen-bond acceptors (Lipinski definition) is 4. The van der Waals surface area contributed by atoms with E-state index in [4.69, 9.17) is 4.42 Å². The lowest BCUT2D eigenvalue weighted by Gasteiger charge is -2.10. The van der Waals surface area contributed by atoms with Gasteiger partial charge in [-0.25, -0.2) is 0 Å². The van der Waals surface area contributed by atoms with Crippen LogP contribution in [0.4, 0.5) is 0 Å². The van der Waals surface area contributed by atoms with Crippen LogP contribution in [0, 0.1) is 13.8 Å². The molecule has 1 heterocycles. The van der Waals surface area contributed by atoms with Gasteiger partial charge in [-0.05, 0) is 19.4 Å². The second-order valence-corrected chi connectivity index (χ2v) is 4.97. The van der Waals surface area contributed by atoms with E-state index in [1.165, 1.54) is 6.07 Å². The summed E-state index contributed by atoms with van der Waals surface area (Å²) in [5.74, 6) is 0.0702. The van der Waals surface area contributed by atoms with E-state index in [1.54, 1.807) is 13.8 Å². The van der Waals surface area contributed by atoms with Gasteiger partial charge in [-0.15, -0.1) is 0 Å². The fourth-order valence-electron chi connectivity index (χ4n) is 2.51. The van der Waals surface area contributed by atoms with E-state index in [0.717, 1.165) is 5.56 Å². The van der Waals surface area contributed by atoms with Gasteiger partial charge in [-0.1, -0.05) is 30.3 Å². The van der Waals surface area contributed by atoms with Crippen molar-refractivity contribution in [3.8, 4) is 22.6 Å². The Morgan fingerprint density at radius 2 is 1.67 bits per heavy atom. The van der Waals surface area contributed by atoms with Crippen molar-refractivity contribution in [2.24, 2.45) is 0 Å². The smallest absolute Gasteiger partial charge is 0.204 e. The molecule has 3 rings (SSSR count). The van der Waals surface area contributed by atoms with E-state index >= 15 is 0 Å². The molecule has 0 spiro atoms. The van der Waals surface area contributed by atoms with Crippen molar-refractivity contribution < 1.29 is 14.6 Å². The summed E-state index contributed by atoms with van der Waals surface area (Å²) in [6.45, 7) is 3.34. The lowest BCUT2D eigenvalue weighted by atomic mass is 10.0. The maximum Gasteiger partial charge on any atom is 0.204 e. The van der Waals surface area contributed by atoms with Crippen molar-refractivity contribution in [2.45, 2.75) is 13.8 Å². The van der Waals surface area contributed by atoms with Gasteiger partial charge in [0.1, 0.15) is 28.2 Å². The summed E-state index contributed by atoms with van der Waals surface area (Å²) in [4.78, 5) is 12.7. The maximum absolute atomic E-state index is 12.7. The Bertz CT molecular complexity index is 892. The molecule has 0 fully saturated rings. The Kier molecular flexibility index (Phi) is 2.94. The first-order valence-corrected chi connectivity index (χ1v) is 6.55. The molecular weight excluding hydrogens is 268 g/mol. The number of fused-ring (bicyclic) bond motifs is 1. The zero-order chi connectivity index (χ0) is 15.1. The van der Waals surface area contributed by atoms with Crippen molar-refractivity contribution in [2.75, 3.05) is 0 Å². The molecule has 0 aliphatic heterocycles. The van der Waals surface area contributed by atoms with E-state index in [0.29, 0.717) is 16.9 Å². The maximum atomic E-state index is 12.7. The van der Waals surface area contributed by atoms with Crippen LogP contribution in [-0.2, 0) is 0 Å². The lowest BCUT2D eigenvalue weighted by molar-refractivity contribution is 0.448. The first-order valence-electron chi connectivity index (χ1n) is 6.55. The second-order valence-electron chi connectivity index (χ2n) is 4.97. The topological polar surface area (TPSA) is 70.7 Å². The third-order valence-corrected chi connectivity index (χ3v) is 3.61. The summed E-state index contributed by atoms with van der Waals surface area (Å²) in [7, 11) is 0. The molecule has 0 saturated carbocycles. The van der Waals surface area contributed by atoms with Gasteiger partial charge in [0.15, 0.2) is 0 Å². The molecule has 0 amide bonds. The van der Waals surface area contributed by atoms with E-state index in [2.05, 4.69) is 0 Å². The van der Waals surface area contributed by atoms with Crippen LogP contribution >= 0.6 is 0 Å². The molecular formula is C17H14O4. The van der Waals surface area contributed by atoms with Gasteiger partial charge in [0.2, 0.25) is 5.43 Å². The van der Waals surface area contributed by atoms with Crippen LogP contribution in [0.1, 0.15) is 11.3 Å². The fraction of sp³-hybridized carbons (Fsp3) is 0.118. The third kappa shape index (κ3) is 1.96. The second kappa shape index (κ2) is 4.66. The summed E-state index contributed by atoms with van der Waals surface area (Å²) in [6, 6.07) is 10.3. The van der Waals surface area contributed by atoms with E-state index in [-0.39, 0.29) is 27.9 Å². The minimum Gasteiger partial charge on any atom is -0.507 e. The van der Waals surface area contributed by atoms with Crippen LogP contribution < -0.4 is 5.43 Å². The summed E-state index contributed by atoms with van der Waals surface area (Å²) in [5, 5.41) is 19.8. The Balaban J connectivity index is 2.49. The molecule has 1 aromatic heterocycles. The average molecular weight is 282 g/mol. The minimum atomic E-state index is -0.305. The number of aromatic hydroxyl groups is 2. The molecule has 4 nitrogen and oxygen atoms in total. The highest BCUT2D eigenvalue weighted by atomic mass is 16.3. The first kappa shape index (κ1) is 13.2. The highest BCUT2D eigenvalue weighted by molar-refractivity contribution is 5.91. The van der Waals surface area contributed by atoms with Crippen LogP contribution in [0.15, 0.2) is 45.6 Å². The highest BCUT2D eigenvalue weighted by Gasteiger charge is 2.19. The molecule has 0 bridgehead atoms. The van der Waals surface area contributed by atoms with E-state index < -0.39 is 0 Å². The molecule has 2 N–H and O–H groups in total. The van der Waals surface area contributed by atoms with Crippen molar-refractivity contribution in [3.63, 3.8) is 0 Å². The van der Waals surface area contributed by atoms with Gasteiger partial charge >= 0.3 is 0 Å². The summed E-state index contributed by atoms with van der Waals surface area (Å²) in [5.41, 5.74) is 1.50. The fourth-order valence-corrected chi connectivity index (χ4v) is 2.51. The number of rotatable bonds is 1. The number of benzene rings is 2. The molecule has 0 aliphatic carbocycles. The molecule has 0 saturated heterocycles. The van der Waals surface area contributed by atoms with Crippen LogP contribution in [0.2, 0.25) is 0 Å². The molecule has 106 valence electrons. The molecule has 4 heteroatoms. The number of phenols is 2. The van der Waals surface area contributed by atoms with Gasteiger partial charge in [-0.2, -0.15) is 0 Å². The SMILES string of the molecule is Cc1oc2c(C)c(O)cc(O)c2c(=O)c1-c1ccccc1. The van der Waals surface area contributed by atoms with Crippen LogP contribution in [0.5, 0.6) is 11.5 Å². The van der Waals surface area contributed by atoms with Crippen molar-refractivity contribution in [1.29, 1.82) is 0 Å². The molecule has 0 aliphatic rings. The Hall–Kier alpha value is -2.75. The molecule has 21 heavy (non-hydrogen) atoms. The predicted octanol–water partition coefficient (Wildman–Crippen LogP) is 3.49. The summed E-state index contributed by atoms with van der Waals surface area (Å²) >= 11 is 0. The van der Waals surface area contributed by atoms with Gasteiger partial charge in [0.05, 0.1) is 5.56 Å². The monoisotopic (exact) mass is 282 g/mol. The molecule has 0 atom stereocenters. The van der Waals surface area contributed by atoms with Gasteiger partial charge in [0.25, 0.3) is 0 Å². The van der Waals surface area contributed by atoms with Crippen molar-refractivity contribution in [1.82, 2.24) is 0 Å². The Morgan fingerprint density at radius 1 is 1.00 bits per heavy atom. The first-order chi connectivity index (χ1) is 10.0. The van der Waals surface area contributed by atoms with Gasteiger partial charge in [0, 0.05) is 11.6 Å². The molecule has 2 aromatic carbocycles. The molecule has 0 unspecified atom stereocenters. The minimum absolute atomic E-state index is 0.0924. The standard InChI is InChI=1S/C17H14O4/c1-9-12(18)8-13(19)15-16(20)14(10(2)21-17(9)15)11-6-4-3-5-7-11/h3-8,18-19H,1-2H3. The van der Waals surface area contributed by atoms with Crippen LogP contribution in [-0.4, -0.2) is 10.2 Å². The summed E-state index contributed by atoms with van der Waals surface area (Å²) in [6.07, 6.45) is 0. The quantitative estimate of drug-likeness (QED) is 0.716. The molecule has 3 aromatic rings. The largest absolute Gasteiger partial charge is 0.507 e. The zero-order valence-electron chi connectivity index (χ0n) is 11.7. The van der Waals surface area contributed by atoms with Crippen molar-refractivity contribution >= 4 is 11.0 Å². The highest BCUT2D eigenvalue weighted by Crippen LogP contribution is 2.34. The number of aryl methyl sites for hydroxylation is 2. The van der Waals surface area contributed by atoms with Gasteiger partial charge < -0.3 is 14.6 Å². The van der Waals surface area contributed by atoms with Gasteiger partial charge in [-0.3, -0.25) is 4.79 Å². The van der Waals surface area contributed by atoms with Crippen molar-refractivity contribution in [3.05, 3.63) is 57.9 Å². The number of phenolic OH excluding ortho intramolecular Hbond substituents is 2. The van der Waals surface area contributed by atoms with Crippen LogP contribution in [0.25, 0.3) is 22.1 Å². The third-order valence-electron chi connectivity index (χ3n) is 3.61. The Labute approximate surface area is 120 Å². The number of hydrogen-bond donors (Lipinski definition) is 2. The van der Waals surface area contributed by atoms with E-state index in [1.807, 2.05) is 30.3 Å². The normalized spacial score (nSPS) is 11.0. The zero-order valence-corrected chi connectivity index (χ0v) is 11.7. The summed E-state index contributed by atoms with van der Waals surface area (Å²) < 4.78 is 5.70. The average Bonchev–Trinajstić information content (AvgIpc) is 2.45. The van der Waals surface area contributed by atoms with Crippen LogP contribution in [0.3, 0.4) is 0 Å². The molecule has 0 radical (unpaired) electrons. The van der Waals surface area contributed by atoms with E-state index in [9.17, 15) is 15.0 Å².